The Labute approximate surface area is 205 Å². The zero-order valence-electron chi connectivity index (χ0n) is 19.1. The van der Waals surface area contributed by atoms with E-state index in [0.717, 1.165) is 16.0 Å². The summed E-state index contributed by atoms with van der Waals surface area (Å²) in [5, 5.41) is 3.38. The Hall–Kier alpha value is -2.32. The van der Waals surface area contributed by atoms with E-state index in [1.807, 2.05) is 43.5 Å². The van der Waals surface area contributed by atoms with Gasteiger partial charge in [0, 0.05) is 22.2 Å². The predicted octanol–water partition coefficient (Wildman–Crippen LogP) is 5.82. The number of nitrogens with zero attached hydrogens (tertiary/aromatic N) is 1. The lowest BCUT2D eigenvalue weighted by Gasteiger charge is -2.24. The zero-order valence-corrected chi connectivity index (χ0v) is 21.4. The van der Waals surface area contributed by atoms with Gasteiger partial charge in [0.1, 0.15) is 0 Å². The van der Waals surface area contributed by atoms with Crippen molar-refractivity contribution in [1.82, 2.24) is 4.31 Å². The number of sulfonamides is 1. The molecule has 0 saturated heterocycles. The fraction of sp³-hybridized carbons (Fsp3) is 0.240. The van der Waals surface area contributed by atoms with Crippen LogP contribution < -0.4 is 5.32 Å². The van der Waals surface area contributed by atoms with E-state index < -0.39 is 15.9 Å². The largest absolute Gasteiger partial charge is 0.325 e. The maximum atomic E-state index is 13.8. The molecule has 0 aliphatic carbocycles. The van der Waals surface area contributed by atoms with E-state index in [2.05, 4.69) is 5.32 Å². The first-order valence-electron chi connectivity index (χ1n) is 10.4. The molecule has 33 heavy (non-hydrogen) atoms. The van der Waals surface area contributed by atoms with Crippen molar-refractivity contribution >= 4 is 45.0 Å². The van der Waals surface area contributed by atoms with Gasteiger partial charge in [0.2, 0.25) is 15.9 Å². The van der Waals surface area contributed by atoms with Gasteiger partial charge in [-0.3, -0.25) is 4.79 Å². The molecular weight excluding hydrogens is 476 g/mol. The molecule has 0 saturated carbocycles. The number of hydrogen-bond acceptors (Lipinski definition) is 4. The first-order valence-corrected chi connectivity index (χ1v) is 13.4. The molecule has 3 aromatic carbocycles. The van der Waals surface area contributed by atoms with Crippen molar-refractivity contribution in [3.8, 4) is 0 Å². The number of aryl methyl sites for hydroxylation is 3. The average Bonchev–Trinajstić information content (AvgIpc) is 2.74. The van der Waals surface area contributed by atoms with Gasteiger partial charge in [-0.25, -0.2) is 8.42 Å². The molecule has 0 aliphatic heterocycles. The van der Waals surface area contributed by atoms with Gasteiger partial charge in [-0.05, 0) is 74.0 Å². The molecule has 0 aliphatic rings. The summed E-state index contributed by atoms with van der Waals surface area (Å²) in [6.07, 6.45) is 1.95. The summed E-state index contributed by atoms with van der Waals surface area (Å²) in [6.45, 7) is 5.21. The number of amides is 1. The maximum Gasteiger partial charge on any atom is 0.244 e. The molecule has 0 fully saturated rings. The lowest BCUT2D eigenvalue weighted by molar-refractivity contribution is -0.116. The van der Waals surface area contributed by atoms with Crippen molar-refractivity contribution < 1.29 is 13.2 Å². The summed E-state index contributed by atoms with van der Waals surface area (Å²) in [5.41, 5.74) is 3.66. The molecule has 0 heterocycles. The Morgan fingerprint density at radius 1 is 1.00 bits per heavy atom. The van der Waals surface area contributed by atoms with Gasteiger partial charge in [0.05, 0.1) is 11.4 Å². The summed E-state index contributed by atoms with van der Waals surface area (Å²) in [4.78, 5) is 14.2. The highest BCUT2D eigenvalue weighted by atomic mass is 35.5. The second-order valence-electron chi connectivity index (χ2n) is 7.91. The molecule has 0 atom stereocenters. The van der Waals surface area contributed by atoms with Gasteiger partial charge >= 0.3 is 0 Å². The number of benzene rings is 3. The fourth-order valence-electron chi connectivity index (χ4n) is 3.78. The van der Waals surface area contributed by atoms with Crippen LogP contribution in [-0.4, -0.2) is 31.4 Å². The van der Waals surface area contributed by atoms with Crippen LogP contribution in [0.3, 0.4) is 0 Å². The third kappa shape index (κ3) is 6.38. The fourth-order valence-corrected chi connectivity index (χ4v) is 6.17. The molecule has 174 valence electrons. The molecule has 0 unspecified atom stereocenters. The van der Waals surface area contributed by atoms with Crippen LogP contribution in [0, 0.1) is 20.8 Å². The second kappa shape index (κ2) is 10.7. The first-order chi connectivity index (χ1) is 15.6. The third-order valence-corrected chi connectivity index (χ3v) is 8.22. The highest BCUT2D eigenvalue weighted by molar-refractivity contribution is 7.98. The molecule has 1 amide bonds. The van der Waals surface area contributed by atoms with Gasteiger partial charge in [-0.1, -0.05) is 47.5 Å². The maximum absolute atomic E-state index is 13.8. The van der Waals surface area contributed by atoms with Crippen LogP contribution in [0.5, 0.6) is 0 Å². The van der Waals surface area contributed by atoms with E-state index in [4.69, 9.17) is 11.6 Å². The molecule has 3 rings (SSSR count). The average molecular weight is 503 g/mol. The molecule has 1 N–H and O–H groups in total. The van der Waals surface area contributed by atoms with Crippen LogP contribution in [0.4, 0.5) is 5.69 Å². The van der Waals surface area contributed by atoms with Crippen molar-refractivity contribution in [2.24, 2.45) is 0 Å². The molecular formula is C25H27ClN2O3S2. The lowest BCUT2D eigenvalue weighted by Crippen LogP contribution is -2.38. The first kappa shape index (κ1) is 25.3. The Morgan fingerprint density at radius 2 is 1.64 bits per heavy atom. The number of rotatable bonds is 8. The van der Waals surface area contributed by atoms with Crippen molar-refractivity contribution in [1.29, 1.82) is 0 Å². The van der Waals surface area contributed by atoms with E-state index in [1.165, 1.54) is 4.31 Å². The van der Waals surface area contributed by atoms with Crippen molar-refractivity contribution in [2.45, 2.75) is 37.1 Å². The van der Waals surface area contributed by atoms with Crippen LogP contribution >= 0.6 is 23.4 Å². The Morgan fingerprint density at radius 3 is 2.24 bits per heavy atom. The smallest absolute Gasteiger partial charge is 0.244 e. The zero-order chi connectivity index (χ0) is 24.2. The standard InChI is InChI=1S/C25H27ClN2O3S2/c1-17-12-18(2)25(19(3)13-17)33(30,31)28(15-20-8-10-21(26)11-9-20)16-24(29)27-22-6-5-7-23(14-22)32-4/h5-14H,15-16H2,1-4H3,(H,27,29). The van der Waals surface area contributed by atoms with Crippen LogP contribution in [-0.2, 0) is 21.4 Å². The van der Waals surface area contributed by atoms with Crippen LogP contribution in [0.15, 0.2) is 70.5 Å². The van der Waals surface area contributed by atoms with Gasteiger partial charge in [0.25, 0.3) is 0 Å². The number of thioether (sulfide) groups is 1. The number of anilines is 1. The highest BCUT2D eigenvalue weighted by Gasteiger charge is 2.30. The van der Waals surface area contributed by atoms with E-state index in [-0.39, 0.29) is 18.0 Å². The minimum absolute atomic E-state index is 0.0462. The van der Waals surface area contributed by atoms with Crippen molar-refractivity contribution in [3.63, 3.8) is 0 Å². The normalized spacial score (nSPS) is 11.6. The number of carbonyl (C=O) groups excluding carboxylic acids is 1. The Balaban J connectivity index is 1.95. The Kier molecular flexibility index (Phi) is 8.23. The van der Waals surface area contributed by atoms with Gasteiger partial charge in [-0.15, -0.1) is 11.8 Å². The summed E-state index contributed by atoms with van der Waals surface area (Å²) in [5.74, 6) is -0.409. The summed E-state index contributed by atoms with van der Waals surface area (Å²) in [7, 11) is -3.95. The van der Waals surface area contributed by atoms with Crippen LogP contribution in [0.25, 0.3) is 0 Å². The van der Waals surface area contributed by atoms with Crippen LogP contribution in [0.2, 0.25) is 5.02 Å². The van der Waals surface area contributed by atoms with E-state index in [0.29, 0.717) is 21.8 Å². The molecule has 8 heteroatoms. The van der Waals surface area contributed by atoms with Crippen LogP contribution in [0.1, 0.15) is 22.3 Å². The van der Waals surface area contributed by atoms with Gasteiger partial charge in [0.15, 0.2) is 0 Å². The number of carbonyl (C=O) groups is 1. The molecule has 0 bridgehead atoms. The van der Waals surface area contributed by atoms with E-state index in [1.54, 1.807) is 55.9 Å². The van der Waals surface area contributed by atoms with E-state index in [9.17, 15) is 13.2 Å². The van der Waals surface area contributed by atoms with E-state index >= 15 is 0 Å². The summed E-state index contributed by atoms with van der Waals surface area (Å²) < 4.78 is 28.7. The molecule has 3 aromatic rings. The quantitative estimate of drug-likeness (QED) is 0.394. The number of nitrogens with one attached hydrogen (secondary N) is 1. The molecule has 0 radical (unpaired) electrons. The topological polar surface area (TPSA) is 66.5 Å². The van der Waals surface area contributed by atoms with Gasteiger partial charge in [-0.2, -0.15) is 4.31 Å². The highest BCUT2D eigenvalue weighted by Crippen LogP contribution is 2.27. The SMILES string of the molecule is CSc1cccc(NC(=O)CN(Cc2ccc(Cl)cc2)S(=O)(=O)c2c(C)cc(C)cc2C)c1. The van der Waals surface area contributed by atoms with Gasteiger partial charge < -0.3 is 5.32 Å². The number of halogens is 1. The van der Waals surface area contributed by atoms with Crippen molar-refractivity contribution in [3.05, 3.63) is 87.9 Å². The third-order valence-electron chi connectivity index (χ3n) is 5.15. The minimum atomic E-state index is -3.95. The Bertz CT molecular complexity index is 1240. The van der Waals surface area contributed by atoms with Crippen molar-refractivity contribution in [2.75, 3.05) is 18.1 Å². The molecule has 0 aromatic heterocycles. The second-order valence-corrected chi connectivity index (χ2v) is 11.1. The lowest BCUT2D eigenvalue weighted by atomic mass is 10.1. The summed E-state index contributed by atoms with van der Waals surface area (Å²) in [6, 6.07) is 18.1. The monoisotopic (exact) mass is 502 g/mol. The minimum Gasteiger partial charge on any atom is -0.325 e. The molecule has 0 spiro atoms. The molecule has 5 nitrogen and oxygen atoms in total. The number of hydrogen-bond donors (Lipinski definition) is 1. The predicted molar refractivity (Wildman–Crippen MR) is 137 cm³/mol. The summed E-state index contributed by atoms with van der Waals surface area (Å²) >= 11 is 7.56.